The van der Waals surface area contributed by atoms with Gasteiger partial charge in [-0.2, -0.15) is 13.2 Å². The first kappa shape index (κ1) is 26.5. The molecule has 200 valence electrons. The second-order valence-electron chi connectivity index (χ2n) is 9.81. The molecule has 0 aliphatic carbocycles. The van der Waals surface area contributed by atoms with Gasteiger partial charge in [0, 0.05) is 48.2 Å². The quantitative estimate of drug-likeness (QED) is 0.371. The molecule has 2 aliphatic rings. The number of benzene rings is 1. The Hall–Kier alpha value is -3.15. The maximum absolute atomic E-state index is 13.3. The SMILES string of the molecule is CNC1CCN(CCc2cnc(C)c(Nc3ncc4c(n3)-c3ccc(C(F)(F)F)cc3NC(=S)C4)c2)CC1. The molecule has 0 amide bonds. The first-order valence-electron chi connectivity index (χ1n) is 12.7. The Labute approximate surface area is 225 Å². The van der Waals surface area contributed by atoms with Crippen LogP contribution in [0.5, 0.6) is 0 Å². The summed E-state index contributed by atoms with van der Waals surface area (Å²) < 4.78 is 39.9. The van der Waals surface area contributed by atoms with Gasteiger partial charge in [0.25, 0.3) is 0 Å². The van der Waals surface area contributed by atoms with Crippen molar-refractivity contribution >= 4 is 34.5 Å². The zero-order chi connectivity index (χ0) is 26.9. The summed E-state index contributed by atoms with van der Waals surface area (Å²) in [6.07, 6.45) is 2.66. The summed E-state index contributed by atoms with van der Waals surface area (Å²) in [5, 5.41) is 9.57. The zero-order valence-electron chi connectivity index (χ0n) is 21.3. The van der Waals surface area contributed by atoms with E-state index >= 15 is 0 Å². The van der Waals surface area contributed by atoms with Gasteiger partial charge in [0.2, 0.25) is 5.95 Å². The number of hydrogen-bond acceptors (Lipinski definition) is 7. The molecule has 1 fully saturated rings. The highest BCUT2D eigenvalue weighted by atomic mass is 32.1. The van der Waals surface area contributed by atoms with Crippen molar-refractivity contribution in [2.75, 3.05) is 37.3 Å². The smallest absolute Gasteiger partial charge is 0.349 e. The third-order valence-corrected chi connectivity index (χ3v) is 7.44. The molecule has 7 nitrogen and oxygen atoms in total. The lowest BCUT2D eigenvalue weighted by Gasteiger charge is -2.31. The summed E-state index contributed by atoms with van der Waals surface area (Å²) in [6, 6.07) is 6.24. The number of aromatic nitrogens is 3. The Kier molecular flexibility index (Phi) is 7.60. The number of halogens is 3. The average Bonchev–Trinajstić information content (AvgIpc) is 3.03. The van der Waals surface area contributed by atoms with Crippen molar-refractivity contribution in [2.45, 2.75) is 44.8 Å². The topological polar surface area (TPSA) is 78.0 Å². The molecule has 5 rings (SSSR count). The lowest BCUT2D eigenvalue weighted by atomic mass is 10.0. The van der Waals surface area contributed by atoms with E-state index in [2.05, 4.69) is 36.9 Å². The number of likely N-dealkylation sites (tertiary alicyclic amines) is 1. The molecule has 11 heteroatoms. The van der Waals surface area contributed by atoms with Gasteiger partial charge in [-0.05, 0) is 70.1 Å². The number of piperidine rings is 1. The maximum atomic E-state index is 13.3. The number of nitrogens with zero attached hydrogens (tertiary/aromatic N) is 4. The molecule has 0 bridgehead atoms. The number of rotatable bonds is 6. The normalized spacial score (nSPS) is 16.4. The largest absolute Gasteiger partial charge is 0.416 e. The van der Waals surface area contributed by atoms with Crippen molar-refractivity contribution in [3.8, 4) is 11.3 Å². The average molecular weight is 542 g/mol. The standard InChI is InChI=1S/C27H30F3N7S/c1-16-22(11-17(14-32-16)5-8-37-9-6-20(31-2)7-10-37)35-26-33-15-18-12-24(38)34-23-13-19(27(28,29)30)3-4-21(23)25(18)36-26/h3-4,11,13-15,20,31H,5-10,12H2,1-2H3,(H,34,38)(H,33,35,36). The van der Waals surface area contributed by atoms with E-state index in [9.17, 15) is 13.2 Å². The van der Waals surface area contributed by atoms with Gasteiger partial charge in [0.05, 0.1) is 27.6 Å². The molecule has 3 N–H and O–H groups in total. The number of fused-ring (bicyclic) bond motifs is 3. The van der Waals surface area contributed by atoms with Crippen LogP contribution >= 0.6 is 12.2 Å². The lowest BCUT2D eigenvalue weighted by molar-refractivity contribution is -0.137. The third-order valence-electron chi connectivity index (χ3n) is 7.19. The molecule has 0 spiro atoms. The first-order chi connectivity index (χ1) is 18.2. The fraction of sp³-hybridized carbons (Fsp3) is 0.407. The minimum atomic E-state index is -4.45. The highest BCUT2D eigenvalue weighted by Gasteiger charge is 2.32. The maximum Gasteiger partial charge on any atom is 0.416 e. The van der Waals surface area contributed by atoms with E-state index in [1.54, 1.807) is 6.20 Å². The summed E-state index contributed by atoms with van der Waals surface area (Å²) in [4.78, 5) is 16.6. The summed E-state index contributed by atoms with van der Waals surface area (Å²) in [5.74, 6) is 0.346. The molecule has 2 aromatic heterocycles. The van der Waals surface area contributed by atoms with Gasteiger partial charge < -0.3 is 20.9 Å². The van der Waals surface area contributed by atoms with Crippen LogP contribution < -0.4 is 16.0 Å². The van der Waals surface area contributed by atoms with Crippen LogP contribution in [0.1, 0.15) is 35.2 Å². The van der Waals surface area contributed by atoms with Gasteiger partial charge >= 0.3 is 6.18 Å². The van der Waals surface area contributed by atoms with Crippen molar-refractivity contribution in [3.05, 3.63) is 59.0 Å². The highest BCUT2D eigenvalue weighted by Crippen LogP contribution is 2.38. The molecule has 0 saturated carbocycles. The molecule has 3 aromatic rings. The summed E-state index contributed by atoms with van der Waals surface area (Å²) in [7, 11) is 2.02. The van der Waals surface area contributed by atoms with Crippen LogP contribution in [0.4, 0.5) is 30.5 Å². The van der Waals surface area contributed by atoms with Crippen LogP contribution in [0, 0.1) is 6.92 Å². The van der Waals surface area contributed by atoms with Gasteiger partial charge in [0.15, 0.2) is 0 Å². The predicted molar refractivity (Wildman–Crippen MR) is 147 cm³/mol. The third kappa shape index (κ3) is 5.95. The Morgan fingerprint density at radius 2 is 1.92 bits per heavy atom. The van der Waals surface area contributed by atoms with Crippen molar-refractivity contribution in [3.63, 3.8) is 0 Å². The molecule has 1 saturated heterocycles. The summed E-state index contributed by atoms with van der Waals surface area (Å²) in [6.45, 7) is 5.06. The number of alkyl halides is 3. The number of thiocarbonyl (C=S) groups is 1. The van der Waals surface area contributed by atoms with E-state index in [4.69, 9.17) is 17.2 Å². The minimum absolute atomic E-state index is 0.284. The van der Waals surface area contributed by atoms with Crippen molar-refractivity contribution in [1.29, 1.82) is 0 Å². The first-order valence-corrected chi connectivity index (χ1v) is 13.1. The van der Waals surface area contributed by atoms with Crippen LogP contribution in [-0.2, 0) is 19.0 Å². The van der Waals surface area contributed by atoms with Gasteiger partial charge in [0.1, 0.15) is 0 Å². The van der Waals surface area contributed by atoms with Crippen LogP contribution in [0.2, 0.25) is 0 Å². The van der Waals surface area contributed by atoms with E-state index in [-0.39, 0.29) is 5.69 Å². The Morgan fingerprint density at radius 3 is 2.66 bits per heavy atom. The van der Waals surface area contributed by atoms with Crippen LogP contribution in [0.25, 0.3) is 11.3 Å². The number of anilines is 3. The molecule has 2 aliphatic heterocycles. The fourth-order valence-electron chi connectivity index (χ4n) is 4.92. The molecule has 4 heterocycles. The predicted octanol–water partition coefficient (Wildman–Crippen LogP) is 5.13. The van der Waals surface area contributed by atoms with Crippen LogP contribution in [0.15, 0.2) is 36.7 Å². The number of pyridine rings is 1. The van der Waals surface area contributed by atoms with E-state index in [1.165, 1.54) is 6.07 Å². The lowest BCUT2D eigenvalue weighted by Crippen LogP contribution is -2.41. The Bertz CT molecular complexity index is 1340. The summed E-state index contributed by atoms with van der Waals surface area (Å²) >= 11 is 5.36. The fourth-order valence-corrected chi connectivity index (χ4v) is 5.19. The monoisotopic (exact) mass is 541 g/mol. The van der Waals surface area contributed by atoms with Crippen LogP contribution in [0.3, 0.4) is 0 Å². The molecular formula is C27H30F3N7S. The second-order valence-corrected chi connectivity index (χ2v) is 10.3. The van der Waals surface area contributed by atoms with Crippen LogP contribution in [-0.4, -0.2) is 57.6 Å². The zero-order valence-corrected chi connectivity index (χ0v) is 22.1. The van der Waals surface area contributed by atoms with Gasteiger partial charge in [-0.3, -0.25) is 4.98 Å². The second kappa shape index (κ2) is 10.9. The number of hydrogen-bond donors (Lipinski definition) is 3. The van der Waals surface area contributed by atoms with E-state index < -0.39 is 11.7 Å². The Balaban J connectivity index is 1.36. The van der Waals surface area contributed by atoms with E-state index in [0.717, 1.165) is 73.5 Å². The Morgan fingerprint density at radius 1 is 1.13 bits per heavy atom. The molecule has 0 radical (unpaired) electrons. The van der Waals surface area contributed by atoms with Crippen molar-refractivity contribution < 1.29 is 13.2 Å². The summed E-state index contributed by atoms with van der Waals surface area (Å²) in [5.41, 5.74) is 4.10. The highest BCUT2D eigenvalue weighted by molar-refractivity contribution is 7.80. The number of nitrogens with one attached hydrogen (secondary N) is 3. The van der Waals surface area contributed by atoms with Gasteiger partial charge in [-0.1, -0.05) is 18.3 Å². The molecule has 0 atom stereocenters. The van der Waals surface area contributed by atoms with E-state index in [1.807, 2.05) is 20.2 Å². The number of aryl methyl sites for hydroxylation is 1. The van der Waals surface area contributed by atoms with Crippen molar-refractivity contribution in [1.82, 2.24) is 25.2 Å². The van der Waals surface area contributed by atoms with Gasteiger partial charge in [-0.25, -0.2) is 9.97 Å². The molecule has 38 heavy (non-hydrogen) atoms. The van der Waals surface area contributed by atoms with Gasteiger partial charge in [-0.15, -0.1) is 0 Å². The molecule has 0 unspecified atom stereocenters. The minimum Gasteiger partial charge on any atom is -0.349 e. The molecule has 1 aromatic carbocycles. The van der Waals surface area contributed by atoms with Crippen molar-refractivity contribution in [2.24, 2.45) is 0 Å². The van der Waals surface area contributed by atoms with E-state index in [0.29, 0.717) is 34.7 Å². The molecular weight excluding hydrogens is 511 g/mol.